The van der Waals surface area contributed by atoms with Gasteiger partial charge in [0.05, 0.1) is 12.2 Å². The van der Waals surface area contributed by atoms with Crippen LogP contribution in [0.2, 0.25) is 5.02 Å². The van der Waals surface area contributed by atoms with Gasteiger partial charge in [0.1, 0.15) is 17.5 Å². The van der Waals surface area contributed by atoms with Crippen LogP contribution in [-0.2, 0) is 6.54 Å². The van der Waals surface area contributed by atoms with Gasteiger partial charge in [-0.05, 0) is 30.7 Å². The van der Waals surface area contributed by atoms with Crippen LogP contribution in [0.5, 0.6) is 5.75 Å². The molecule has 2 aromatic carbocycles. The Balaban J connectivity index is 1.97. The molecule has 0 saturated heterocycles. The summed E-state index contributed by atoms with van der Waals surface area (Å²) in [6, 6.07) is 13.7. The Morgan fingerprint density at radius 3 is 2.85 bits per heavy atom. The fraction of sp³-hybridized carbons (Fsp3) is 0.250. The average Bonchev–Trinajstić information content (AvgIpc) is 2.41. The highest BCUT2D eigenvalue weighted by Gasteiger charge is 2.25. The summed E-state index contributed by atoms with van der Waals surface area (Å²) in [4.78, 5) is 2.24. The molecule has 1 heterocycles. The Kier molecular flexibility index (Phi) is 3.45. The van der Waals surface area contributed by atoms with Crippen LogP contribution < -0.4 is 15.4 Å². The lowest BCUT2D eigenvalue weighted by Gasteiger charge is -2.36. The van der Waals surface area contributed by atoms with E-state index in [0.29, 0.717) is 0 Å². The summed E-state index contributed by atoms with van der Waals surface area (Å²) in [5, 5.41) is 0.780. The standard InChI is InChI=1S/C16H17ClN2O/c1-11-9-19(10-12-5-2-3-6-13(12)17)16-14(18)7-4-8-15(16)20-11/h2-8,11H,9-10,18H2,1H3. The summed E-state index contributed by atoms with van der Waals surface area (Å²) in [6.45, 7) is 3.59. The van der Waals surface area contributed by atoms with E-state index in [4.69, 9.17) is 22.1 Å². The van der Waals surface area contributed by atoms with Crippen molar-refractivity contribution >= 4 is 23.0 Å². The summed E-state index contributed by atoms with van der Waals surface area (Å²) in [7, 11) is 0. The molecule has 0 amide bonds. The molecule has 0 saturated carbocycles. The first-order valence-corrected chi connectivity index (χ1v) is 7.06. The molecule has 3 nitrogen and oxygen atoms in total. The van der Waals surface area contributed by atoms with Crippen molar-refractivity contribution in [1.29, 1.82) is 0 Å². The van der Waals surface area contributed by atoms with Gasteiger partial charge < -0.3 is 15.4 Å². The highest BCUT2D eigenvalue weighted by molar-refractivity contribution is 6.31. The van der Waals surface area contributed by atoms with Crippen molar-refractivity contribution in [1.82, 2.24) is 0 Å². The van der Waals surface area contributed by atoms with Crippen molar-refractivity contribution in [2.75, 3.05) is 17.2 Å². The van der Waals surface area contributed by atoms with Crippen LogP contribution in [0.25, 0.3) is 0 Å². The number of hydrogen-bond donors (Lipinski definition) is 1. The van der Waals surface area contributed by atoms with E-state index in [1.54, 1.807) is 0 Å². The fourth-order valence-corrected chi connectivity index (χ4v) is 2.80. The van der Waals surface area contributed by atoms with Crippen LogP contribution in [0.3, 0.4) is 0 Å². The molecule has 1 aliphatic rings. The van der Waals surface area contributed by atoms with Gasteiger partial charge in [-0.1, -0.05) is 35.9 Å². The molecule has 2 aromatic rings. The molecule has 4 heteroatoms. The zero-order valence-electron chi connectivity index (χ0n) is 11.3. The van der Waals surface area contributed by atoms with Crippen LogP contribution in [-0.4, -0.2) is 12.6 Å². The number of ether oxygens (including phenoxy) is 1. The van der Waals surface area contributed by atoms with Crippen molar-refractivity contribution in [2.45, 2.75) is 19.6 Å². The van der Waals surface area contributed by atoms with Crippen molar-refractivity contribution in [3.8, 4) is 5.75 Å². The molecule has 0 bridgehead atoms. The van der Waals surface area contributed by atoms with Gasteiger partial charge in [-0.15, -0.1) is 0 Å². The number of benzene rings is 2. The predicted octanol–water partition coefficient (Wildman–Crippen LogP) is 3.71. The summed E-state index contributed by atoms with van der Waals surface area (Å²) in [6.07, 6.45) is 0.131. The quantitative estimate of drug-likeness (QED) is 0.856. The summed E-state index contributed by atoms with van der Waals surface area (Å²) < 4.78 is 5.86. The van der Waals surface area contributed by atoms with Crippen LogP contribution in [0, 0.1) is 0 Å². The van der Waals surface area contributed by atoms with Crippen molar-refractivity contribution in [2.24, 2.45) is 0 Å². The first-order valence-electron chi connectivity index (χ1n) is 6.68. The fourth-order valence-electron chi connectivity index (χ4n) is 2.60. The number of nitrogen functional groups attached to an aromatic ring is 1. The van der Waals surface area contributed by atoms with Gasteiger partial charge in [-0.25, -0.2) is 0 Å². The van der Waals surface area contributed by atoms with E-state index in [2.05, 4.69) is 11.8 Å². The third-order valence-corrected chi connectivity index (χ3v) is 3.84. The molecule has 0 spiro atoms. The molecule has 2 N–H and O–H groups in total. The second-order valence-electron chi connectivity index (χ2n) is 5.09. The highest BCUT2D eigenvalue weighted by Crippen LogP contribution is 2.39. The third-order valence-electron chi connectivity index (χ3n) is 3.47. The molecule has 0 aliphatic carbocycles. The number of fused-ring (bicyclic) bond motifs is 1. The number of halogens is 1. The smallest absolute Gasteiger partial charge is 0.145 e. The lowest BCUT2D eigenvalue weighted by Crippen LogP contribution is -2.38. The molecule has 0 aromatic heterocycles. The maximum Gasteiger partial charge on any atom is 0.145 e. The minimum absolute atomic E-state index is 0.131. The maximum atomic E-state index is 6.26. The van der Waals surface area contributed by atoms with Gasteiger partial charge >= 0.3 is 0 Å². The third kappa shape index (κ3) is 2.41. The second-order valence-corrected chi connectivity index (χ2v) is 5.50. The second kappa shape index (κ2) is 5.25. The number of nitrogens with zero attached hydrogens (tertiary/aromatic N) is 1. The largest absolute Gasteiger partial charge is 0.487 e. The topological polar surface area (TPSA) is 38.5 Å². The number of nitrogens with two attached hydrogens (primary N) is 1. The van der Waals surface area contributed by atoms with E-state index in [0.717, 1.165) is 40.8 Å². The van der Waals surface area contributed by atoms with Crippen molar-refractivity contribution in [3.63, 3.8) is 0 Å². The Morgan fingerprint density at radius 2 is 2.05 bits per heavy atom. The lowest BCUT2D eigenvalue weighted by atomic mass is 10.1. The Hall–Kier alpha value is -1.87. The molecule has 3 rings (SSSR count). The van der Waals surface area contributed by atoms with E-state index >= 15 is 0 Å². The molecule has 1 atom stereocenters. The predicted molar refractivity (Wildman–Crippen MR) is 83.4 cm³/mol. The minimum Gasteiger partial charge on any atom is -0.487 e. The van der Waals surface area contributed by atoms with E-state index < -0.39 is 0 Å². The van der Waals surface area contributed by atoms with E-state index in [1.807, 2.05) is 42.5 Å². The average molecular weight is 289 g/mol. The summed E-state index contributed by atoms with van der Waals surface area (Å²) in [5.74, 6) is 0.843. The Morgan fingerprint density at radius 1 is 1.25 bits per heavy atom. The van der Waals surface area contributed by atoms with Crippen molar-refractivity contribution < 1.29 is 4.74 Å². The van der Waals surface area contributed by atoms with Crippen LogP contribution in [0.15, 0.2) is 42.5 Å². The maximum absolute atomic E-state index is 6.26. The SMILES string of the molecule is CC1CN(Cc2ccccc2Cl)c2c(N)cccc2O1. The summed E-state index contributed by atoms with van der Waals surface area (Å²) >= 11 is 6.26. The number of para-hydroxylation sites is 1. The molecule has 20 heavy (non-hydrogen) atoms. The minimum atomic E-state index is 0.131. The Bertz CT molecular complexity index is 630. The van der Waals surface area contributed by atoms with E-state index in [1.165, 1.54) is 0 Å². The highest BCUT2D eigenvalue weighted by atomic mass is 35.5. The molecular weight excluding hydrogens is 272 g/mol. The molecule has 104 valence electrons. The number of hydrogen-bond acceptors (Lipinski definition) is 3. The first-order chi connectivity index (χ1) is 9.65. The van der Waals surface area contributed by atoms with E-state index in [9.17, 15) is 0 Å². The molecule has 1 unspecified atom stereocenters. The van der Waals surface area contributed by atoms with Gasteiger partial charge in [0.2, 0.25) is 0 Å². The molecular formula is C16H17ClN2O. The van der Waals surface area contributed by atoms with Crippen LogP contribution in [0.1, 0.15) is 12.5 Å². The lowest BCUT2D eigenvalue weighted by molar-refractivity contribution is 0.212. The van der Waals surface area contributed by atoms with Crippen LogP contribution >= 0.6 is 11.6 Å². The van der Waals surface area contributed by atoms with E-state index in [-0.39, 0.29) is 6.10 Å². The first kappa shape index (κ1) is 13.1. The van der Waals surface area contributed by atoms with Crippen LogP contribution in [0.4, 0.5) is 11.4 Å². The van der Waals surface area contributed by atoms with Crippen molar-refractivity contribution in [3.05, 3.63) is 53.1 Å². The molecule has 0 radical (unpaired) electrons. The molecule has 1 aliphatic heterocycles. The number of rotatable bonds is 2. The monoisotopic (exact) mass is 288 g/mol. The zero-order valence-corrected chi connectivity index (χ0v) is 12.1. The van der Waals surface area contributed by atoms with Gasteiger partial charge in [0.25, 0.3) is 0 Å². The van der Waals surface area contributed by atoms with Gasteiger partial charge in [0, 0.05) is 11.6 Å². The van der Waals surface area contributed by atoms with Gasteiger partial charge in [-0.2, -0.15) is 0 Å². The normalized spacial score (nSPS) is 17.5. The zero-order chi connectivity index (χ0) is 14.1. The molecule has 0 fully saturated rings. The number of anilines is 2. The van der Waals surface area contributed by atoms with Gasteiger partial charge in [0.15, 0.2) is 0 Å². The van der Waals surface area contributed by atoms with Gasteiger partial charge in [-0.3, -0.25) is 0 Å². The summed E-state index contributed by atoms with van der Waals surface area (Å²) in [5.41, 5.74) is 8.91. The Labute approximate surface area is 123 Å².